The predicted octanol–water partition coefficient (Wildman–Crippen LogP) is 3.77. The Balaban J connectivity index is 1.77. The van der Waals surface area contributed by atoms with Crippen molar-refractivity contribution in [1.82, 2.24) is 9.55 Å². The molecule has 0 spiro atoms. The molecule has 6 heteroatoms. The van der Waals surface area contributed by atoms with E-state index >= 15 is 0 Å². The molecule has 0 radical (unpaired) electrons. The second kappa shape index (κ2) is 7.11. The molecule has 0 fully saturated rings. The number of aryl methyl sites for hydroxylation is 1. The van der Waals surface area contributed by atoms with Gasteiger partial charge in [0.15, 0.2) is 0 Å². The summed E-state index contributed by atoms with van der Waals surface area (Å²) in [6.45, 7) is 2.37. The molecule has 0 aliphatic heterocycles. The molecule has 1 atom stereocenters. The normalized spacial score (nSPS) is 12.3. The van der Waals surface area contributed by atoms with Gasteiger partial charge in [0.05, 0.1) is 23.7 Å². The third kappa shape index (κ3) is 3.47. The van der Waals surface area contributed by atoms with E-state index in [0.29, 0.717) is 11.6 Å². The Bertz CT molecular complexity index is 830. The maximum absolute atomic E-state index is 8.78. The lowest BCUT2D eigenvalue weighted by molar-refractivity contribution is 0.201. The Hall–Kier alpha value is -2.24. The first-order chi connectivity index (χ1) is 11.6. The van der Waals surface area contributed by atoms with Gasteiger partial charge >= 0.3 is 0 Å². The van der Waals surface area contributed by atoms with E-state index in [0.717, 1.165) is 28.3 Å². The SMILES string of the molecule is CC(Nc1ccc(OCCO)cc1)c1nc2ccc(Cl)cc2n1C. The van der Waals surface area contributed by atoms with Crippen LogP contribution in [0.1, 0.15) is 18.8 Å². The number of aromatic nitrogens is 2. The second-order valence-electron chi connectivity index (χ2n) is 5.62. The lowest BCUT2D eigenvalue weighted by Gasteiger charge is -2.15. The highest BCUT2D eigenvalue weighted by molar-refractivity contribution is 6.31. The first kappa shape index (κ1) is 16.6. The summed E-state index contributed by atoms with van der Waals surface area (Å²) in [5, 5.41) is 12.9. The molecule has 5 nitrogen and oxygen atoms in total. The van der Waals surface area contributed by atoms with Crippen molar-refractivity contribution in [2.75, 3.05) is 18.5 Å². The maximum atomic E-state index is 8.78. The molecule has 1 heterocycles. The number of anilines is 1. The van der Waals surface area contributed by atoms with E-state index in [1.807, 2.05) is 49.5 Å². The summed E-state index contributed by atoms with van der Waals surface area (Å²) in [6.07, 6.45) is 0. The molecule has 3 aromatic rings. The van der Waals surface area contributed by atoms with Crippen molar-refractivity contribution in [2.45, 2.75) is 13.0 Å². The summed E-state index contributed by atoms with van der Waals surface area (Å²) in [5.74, 6) is 1.67. The Morgan fingerprint density at radius 2 is 2.00 bits per heavy atom. The average molecular weight is 346 g/mol. The fraction of sp³-hybridized carbons (Fsp3) is 0.278. The first-order valence-corrected chi connectivity index (χ1v) is 8.18. The molecular weight excluding hydrogens is 326 g/mol. The smallest absolute Gasteiger partial charge is 0.131 e. The van der Waals surface area contributed by atoms with Crippen LogP contribution in [0.15, 0.2) is 42.5 Å². The van der Waals surface area contributed by atoms with E-state index in [9.17, 15) is 0 Å². The van der Waals surface area contributed by atoms with Crippen LogP contribution in [0.25, 0.3) is 11.0 Å². The van der Waals surface area contributed by atoms with Crippen molar-refractivity contribution in [2.24, 2.45) is 7.05 Å². The number of aliphatic hydroxyl groups excluding tert-OH is 1. The molecule has 2 N–H and O–H groups in total. The van der Waals surface area contributed by atoms with Crippen LogP contribution in [0.5, 0.6) is 5.75 Å². The summed E-state index contributed by atoms with van der Waals surface area (Å²) >= 11 is 6.08. The van der Waals surface area contributed by atoms with Gasteiger partial charge in [0.25, 0.3) is 0 Å². The number of hydrogen-bond donors (Lipinski definition) is 2. The number of nitrogens with zero attached hydrogens (tertiary/aromatic N) is 2. The van der Waals surface area contributed by atoms with E-state index < -0.39 is 0 Å². The van der Waals surface area contributed by atoms with Gasteiger partial charge in [-0.15, -0.1) is 0 Å². The summed E-state index contributed by atoms with van der Waals surface area (Å²) < 4.78 is 7.42. The maximum Gasteiger partial charge on any atom is 0.131 e. The van der Waals surface area contributed by atoms with Crippen molar-refractivity contribution in [3.05, 3.63) is 53.3 Å². The zero-order chi connectivity index (χ0) is 17.1. The lowest BCUT2D eigenvalue weighted by Crippen LogP contribution is -2.12. The Kier molecular flexibility index (Phi) is 4.92. The van der Waals surface area contributed by atoms with Crippen molar-refractivity contribution in [3.8, 4) is 5.75 Å². The summed E-state index contributed by atoms with van der Waals surface area (Å²) in [7, 11) is 1.99. The molecule has 1 unspecified atom stereocenters. The highest BCUT2D eigenvalue weighted by Gasteiger charge is 2.14. The third-order valence-corrected chi connectivity index (χ3v) is 4.10. The van der Waals surface area contributed by atoms with E-state index in [4.69, 9.17) is 26.4 Å². The quantitative estimate of drug-likeness (QED) is 0.714. The van der Waals surface area contributed by atoms with Crippen LogP contribution in [-0.2, 0) is 7.05 Å². The first-order valence-electron chi connectivity index (χ1n) is 7.80. The number of rotatable bonds is 6. The zero-order valence-electron chi connectivity index (χ0n) is 13.7. The molecule has 0 aliphatic rings. The molecule has 3 rings (SSSR count). The Morgan fingerprint density at radius 1 is 1.25 bits per heavy atom. The lowest BCUT2D eigenvalue weighted by atomic mass is 10.2. The van der Waals surface area contributed by atoms with Crippen LogP contribution in [0.3, 0.4) is 0 Å². The van der Waals surface area contributed by atoms with Crippen LogP contribution in [0.2, 0.25) is 5.02 Å². The Morgan fingerprint density at radius 3 is 2.71 bits per heavy atom. The van der Waals surface area contributed by atoms with Crippen LogP contribution >= 0.6 is 11.6 Å². The predicted molar refractivity (Wildman–Crippen MR) is 96.8 cm³/mol. The molecule has 1 aromatic heterocycles. The molecule has 0 saturated carbocycles. The minimum absolute atomic E-state index is 0.00771. The summed E-state index contributed by atoms with van der Waals surface area (Å²) in [5.41, 5.74) is 2.92. The topological polar surface area (TPSA) is 59.3 Å². The van der Waals surface area contributed by atoms with Gasteiger partial charge in [0, 0.05) is 17.8 Å². The van der Waals surface area contributed by atoms with Crippen LogP contribution in [0.4, 0.5) is 5.69 Å². The molecule has 0 saturated heterocycles. The molecular formula is C18H20ClN3O2. The average Bonchev–Trinajstić information content (AvgIpc) is 2.91. The fourth-order valence-corrected chi connectivity index (χ4v) is 2.86. The van der Waals surface area contributed by atoms with Gasteiger partial charge < -0.3 is 19.7 Å². The molecule has 126 valence electrons. The molecule has 0 bridgehead atoms. The highest BCUT2D eigenvalue weighted by Crippen LogP contribution is 2.25. The van der Waals surface area contributed by atoms with E-state index in [2.05, 4.69) is 16.8 Å². The van der Waals surface area contributed by atoms with Crippen molar-refractivity contribution < 1.29 is 9.84 Å². The van der Waals surface area contributed by atoms with Gasteiger partial charge in [-0.25, -0.2) is 4.98 Å². The number of halogens is 1. The molecule has 2 aromatic carbocycles. The van der Waals surface area contributed by atoms with E-state index in [1.165, 1.54) is 0 Å². The van der Waals surface area contributed by atoms with Gasteiger partial charge in [-0.2, -0.15) is 0 Å². The largest absolute Gasteiger partial charge is 0.491 e. The van der Waals surface area contributed by atoms with Crippen LogP contribution in [0, 0.1) is 0 Å². The summed E-state index contributed by atoms with van der Waals surface area (Å²) in [6, 6.07) is 13.4. The van der Waals surface area contributed by atoms with E-state index in [-0.39, 0.29) is 12.6 Å². The fourth-order valence-electron chi connectivity index (χ4n) is 2.69. The van der Waals surface area contributed by atoms with Gasteiger partial charge in [0.1, 0.15) is 18.2 Å². The summed E-state index contributed by atoms with van der Waals surface area (Å²) in [4.78, 5) is 4.70. The van der Waals surface area contributed by atoms with E-state index in [1.54, 1.807) is 0 Å². The number of imidazole rings is 1. The van der Waals surface area contributed by atoms with Crippen molar-refractivity contribution in [3.63, 3.8) is 0 Å². The monoisotopic (exact) mass is 345 g/mol. The number of benzene rings is 2. The number of hydrogen-bond acceptors (Lipinski definition) is 4. The van der Waals surface area contributed by atoms with Gasteiger partial charge in [-0.1, -0.05) is 11.6 Å². The van der Waals surface area contributed by atoms with Crippen LogP contribution in [-0.4, -0.2) is 27.9 Å². The third-order valence-electron chi connectivity index (χ3n) is 3.86. The number of fused-ring (bicyclic) bond motifs is 1. The van der Waals surface area contributed by atoms with Crippen molar-refractivity contribution >= 4 is 28.3 Å². The highest BCUT2D eigenvalue weighted by atomic mass is 35.5. The molecule has 0 amide bonds. The number of ether oxygens (including phenoxy) is 1. The zero-order valence-corrected chi connectivity index (χ0v) is 14.4. The number of nitrogens with one attached hydrogen (secondary N) is 1. The minimum atomic E-state index is 0.00771. The van der Waals surface area contributed by atoms with Gasteiger partial charge in [-0.05, 0) is 49.4 Å². The van der Waals surface area contributed by atoms with Gasteiger partial charge in [0.2, 0.25) is 0 Å². The second-order valence-corrected chi connectivity index (χ2v) is 6.06. The number of aliphatic hydroxyl groups is 1. The van der Waals surface area contributed by atoms with Crippen molar-refractivity contribution in [1.29, 1.82) is 0 Å². The minimum Gasteiger partial charge on any atom is -0.491 e. The Labute approximate surface area is 145 Å². The standard InChI is InChI=1S/C18H20ClN3O2/c1-12(20-14-4-6-15(7-5-14)24-10-9-23)18-21-16-8-3-13(19)11-17(16)22(18)2/h3-8,11-12,20,23H,9-10H2,1-2H3. The molecule has 0 aliphatic carbocycles. The van der Waals surface area contributed by atoms with Crippen LogP contribution < -0.4 is 10.1 Å². The molecule has 24 heavy (non-hydrogen) atoms. The van der Waals surface area contributed by atoms with Gasteiger partial charge in [-0.3, -0.25) is 0 Å².